The maximum atomic E-state index is 11.0. The highest BCUT2D eigenvalue weighted by Gasteiger charge is 2.48. The van der Waals surface area contributed by atoms with Gasteiger partial charge in [0.1, 0.15) is 6.10 Å². The van der Waals surface area contributed by atoms with Gasteiger partial charge in [0.05, 0.1) is 18.8 Å². The average molecular weight is 247 g/mol. The van der Waals surface area contributed by atoms with Gasteiger partial charge in [0, 0.05) is 13.3 Å². The fourth-order valence-corrected chi connectivity index (χ4v) is 1.94. The van der Waals surface area contributed by atoms with Crippen LogP contribution in [0.5, 0.6) is 0 Å². The first-order valence-corrected chi connectivity index (χ1v) is 5.27. The minimum atomic E-state index is -1.55. The van der Waals surface area contributed by atoms with Crippen molar-refractivity contribution in [1.29, 1.82) is 0 Å². The van der Waals surface area contributed by atoms with Crippen molar-refractivity contribution in [2.75, 3.05) is 6.61 Å². The summed E-state index contributed by atoms with van der Waals surface area (Å²) in [7, 11) is 0. The largest absolute Gasteiger partial charge is 0.479 e. The number of ether oxygens (including phenoxy) is 1. The summed E-state index contributed by atoms with van der Waals surface area (Å²) in [5.41, 5.74) is -1.55. The van der Waals surface area contributed by atoms with E-state index in [1.165, 1.54) is 13.8 Å². The van der Waals surface area contributed by atoms with E-state index in [0.29, 0.717) is 0 Å². The van der Waals surface area contributed by atoms with Crippen molar-refractivity contribution in [1.82, 2.24) is 5.32 Å². The minimum absolute atomic E-state index is 0.149. The molecule has 7 nitrogen and oxygen atoms in total. The maximum Gasteiger partial charge on any atom is 0.335 e. The highest BCUT2D eigenvalue weighted by atomic mass is 16.5. The first-order chi connectivity index (χ1) is 7.80. The molecule has 1 rings (SSSR count). The van der Waals surface area contributed by atoms with Gasteiger partial charge in [-0.05, 0) is 6.92 Å². The van der Waals surface area contributed by atoms with Crippen LogP contribution in [0.3, 0.4) is 0 Å². The van der Waals surface area contributed by atoms with Crippen molar-refractivity contribution in [3.63, 3.8) is 0 Å². The number of carbonyl (C=O) groups is 2. The number of carboxylic acid groups (broad SMARTS) is 1. The molecule has 1 fully saturated rings. The second kappa shape index (κ2) is 4.99. The molecular formula is C10H17NO6. The number of hydrogen-bond acceptors (Lipinski definition) is 5. The molecule has 0 aromatic rings. The summed E-state index contributed by atoms with van der Waals surface area (Å²) < 4.78 is 5.24. The Morgan fingerprint density at radius 1 is 1.53 bits per heavy atom. The molecular weight excluding hydrogens is 230 g/mol. The Labute approximate surface area is 98.4 Å². The second-order valence-corrected chi connectivity index (χ2v) is 4.37. The molecule has 0 bridgehead atoms. The van der Waals surface area contributed by atoms with E-state index >= 15 is 0 Å². The van der Waals surface area contributed by atoms with E-state index in [4.69, 9.17) is 14.9 Å². The fourth-order valence-electron chi connectivity index (χ4n) is 1.94. The van der Waals surface area contributed by atoms with E-state index in [9.17, 15) is 14.7 Å². The SMILES string of the molecule is CC(=O)NC1C(O)CC(C)(C(=O)O)OC1CO. The van der Waals surface area contributed by atoms with Gasteiger partial charge in [0.2, 0.25) is 5.91 Å². The Bertz CT molecular complexity index is 320. The van der Waals surface area contributed by atoms with Gasteiger partial charge < -0.3 is 25.4 Å². The first kappa shape index (κ1) is 13.9. The Kier molecular flexibility index (Phi) is 4.07. The van der Waals surface area contributed by atoms with Gasteiger partial charge in [-0.2, -0.15) is 0 Å². The second-order valence-electron chi connectivity index (χ2n) is 4.37. The Balaban J connectivity index is 2.86. The third-order valence-electron chi connectivity index (χ3n) is 2.83. The summed E-state index contributed by atoms with van der Waals surface area (Å²) in [6, 6.07) is -0.801. The molecule has 1 heterocycles. The fraction of sp³-hybridized carbons (Fsp3) is 0.800. The molecule has 1 amide bonds. The third kappa shape index (κ3) is 2.93. The van der Waals surface area contributed by atoms with Crippen LogP contribution in [0.25, 0.3) is 0 Å². The lowest BCUT2D eigenvalue weighted by atomic mass is 9.87. The summed E-state index contributed by atoms with van der Waals surface area (Å²) in [5.74, 6) is -1.59. The highest BCUT2D eigenvalue weighted by molar-refractivity contribution is 5.77. The molecule has 98 valence electrons. The normalized spacial score (nSPS) is 37.5. The number of hydrogen-bond donors (Lipinski definition) is 4. The lowest BCUT2D eigenvalue weighted by molar-refractivity contribution is -0.203. The smallest absolute Gasteiger partial charge is 0.335 e. The molecule has 0 saturated carbocycles. The number of amides is 1. The first-order valence-electron chi connectivity index (χ1n) is 5.27. The molecule has 7 heteroatoms. The molecule has 0 aromatic heterocycles. The van der Waals surface area contributed by atoms with Crippen molar-refractivity contribution in [2.45, 2.75) is 44.1 Å². The number of nitrogens with one attached hydrogen (secondary N) is 1. The predicted octanol–water partition coefficient (Wildman–Crippen LogP) is -1.52. The monoisotopic (exact) mass is 247 g/mol. The van der Waals surface area contributed by atoms with E-state index in [1.54, 1.807) is 0 Å². The van der Waals surface area contributed by atoms with Crippen LogP contribution >= 0.6 is 0 Å². The number of aliphatic carboxylic acids is 1. The molecule has 4 atom stereocenters. The van der Waals surface area contributed by atoms with Gasteiger partial charge in [-0.25, -0.2) is 4.79 Å². The molecule has 1 saturated heterocycles. The summed E-state index contributed by atoms with van der Waals surface area (Å²) in [5, 5.41) is 30.4. The van der Waals surface area contributed by atoms with Gasteiger partial charge in [-0.15, -0.1) is 0 Å². The lowest BCUT2D eigenvalue weighted by Gasteiger charge is -2.42. The molecule has 4 N–H and O–H groups in total. The molecule has 1 aliphatic heterocycles. The lowest BCUT2D eigenvalue weighted by Crippen LogP contribution is -2.62. The van der Waals surface area contributed by atoms with E-state index < -0.39 is 36.4 Å². The molecule has 4 unspecified atom stereocenters. The predicted molar refractivity (Wildman–Crippen MR) is 56.2 cm³/mol. The number of carbonyl (C=O) groups excluding carboxylic acids is 1. The van der Waals surface area contributed by atoms with E-state index in [0.717, 1.165) is 0 Å². The van der Waals surface area contributed by atoms with E-state index in [-0.39, 0.29) is 12.3 Å². The Morgan fingerprint density at radius 3 is 2.53 bits per heavy atom. The number of rotatable bonds is 3. The Morgan fingerprint density at radius 2 is 2.12 bits per heavy atom. The van der Waals surface area contributed by atoms with Crippen molar-refractivity contribution in [2.24, 2.45) is 0 Å². The van der Waals surface area contributed by atoms with Crippen molar-refractivity contribution >= 4 is 11.9 Å². The number of aliphatic hydroxyl groups excluding tert-OH is 2. The van der Waals surface area contributed by atoms with Gasteiger partial charge >= 0.3 is 5.97 Å². The van der Waals surface area contributed by atoms with Crippen molar-refractivity contribution < 1.29 is 29.6 Å². The minimum Gasteiger partial charge on any atom is -0.479 e. The van der Waals surface area contributed by atoms with E-state index in [1.807, 2.05) is 0 Å². The topological polar surface area (TPSA) is 116 Å². The van der Waals surface area contributed by atoms with Crippen molar-refractivity contribution in [3.05, 3.63) is 0 Å². The maximum absolute atomic E-state index is 11.0. The number of aliphatic hydroxyl groups is 2. The number of carboxylic acids is 1. The van der Waals surface area contributed by atoms with Gasteiger partial charge in [-0.1, -0.05) is 0 Å². The standard InChI is InChI=1S/C10H17NO6/c1-5(13)11-8-6(14)3-10(2,9(15)16)17-7(8)4-12/h6-8,12,14H,3-4H2,1-2H3,(H,11,13)(H,15,16). The summed E-state index contributed by atoms with van der Waals surface area (Å²) in [6.45, 7) is 2.11. The molecule has 0 aromatic carbocycles. The Hall–Kier alpha value is -1.18. The zero-order valence-electron chi connectivity index (χ0n) is 9.71. The molecule has 0 radical (unpaired) electrons. The van der Waals surface area contributed by atoms with E-state index in [2.05, 4.69) is 5.32 Å². The summed E-state index contributed by atoms with van der Waals surface area (Å²) in [4.78, 5) is 21.9. The van der Waals surface area contributed by atoms with Crippen LogP contribution in [0, 0.1) is 0 Å². The summed E-state index contributed by atoms with van der Waals surface area (Å²) in [6.07, 6.45) is -2.17. The molecule has 1 aliphatic rings. The highest BCUT2D eigenvalue weighted by Crippen LogP contribution is 2.29. The molecule has 0 aliphatic carbocycles. The van der Waals surface area contributed by atoms with Crippen LogP contribution in [-0.4, -0.2) is 57.7 Å². The van der Waals surface area contributed by atoms with Gasteiger partial charge in [0.15, 0.2) is 5.60 Å². The van der Waals surface area contributed by atoms with Crippen LogP contribution in [-0.2, 0) is 14.3 Å². The zero-order valence-corrected chi connectivity index (χ0v) is 9.71. The van der Waals surface area contributed by atoms with Crippen LogP contribution in [0.2, 0.25) is 0 Å². The van der Waals surface area contributed by atoms with Crippen LogP contribution in [0.4, 0.5) is 0 Å². The van der Waals surface area contributed by atoms with Gasteiger partial charge in [-0.3, -0.25) is 4.79 Å². The van der Waals surface area contributed by atoms with Gasteiger partial charge in [0.25, 0.3) is 0 Å². The zero-order chi connectivity index (χ0) is 13.2. The molecule has 0 spiro atoms. The van der Waals surface area contributed by atoms with Crippen LogP contribution in [0.1, 0.15) is 20.3 Å². The molecule has 17 heavy (non-hydrogen) atoms. The average Bonchev–Trinajstić information content (AvgIpc) is 2.21. The van der Waals surface area contributed by atoms with Crippen LogP contribution in [0.15, 0.2) is 0 Å². The quantitative estimate of drug-likeness (QED) is 0.481. The third-order valence-corrected chi connectivity index (χ3v) is 2.83. The van der Waals surface area contributed by atoms with Crippen LogP contribution < -0.4 is 5.32 Å². The summed E-state index contributed by atoms with van der Waals surface area (Å²) >= 11 is 0. The van der Waals surface area contributed by atoms with Crippen molar-refractivity contribution in [3.8, 4) is 0 Å².